The second kappa shape index (κ2) is 6.02. The van der Waals surface area contributed by atoms with E-state index in [0.29, 0.717) is 0 Å². The molecule has 1 saturated carbocycles. The van der Waals surface area contributed by atoms with Crippen LogP contribution in [0.4, 0.5) is 0 Å². The first-order valence-corrected chi connectivity index (χ1v) is 7.30. The van der Waals surface area contributed by atoms with Crippen LogP contribution in [-0.4, -0.2) is 36.6 Å². The van der Waals surface area contributed by atoms with Gasteiger partial charge in [-0.2, -0.15) is 0 Å². The van der Waals surface area contributed by atoms with Crippen LogP contribution in [0, 0.1) is 5.92 Å². The van der Waals surface area contributed by atoms with Gasteiger partial charge in [-0.25, -0.2) is 0 Å². The third kappa shape index (κ3) is 3.46. The predicted octanol–water partition coefficient (Wildman–Crippen LogP) is 2.64. The number of nitrogens with one attached hydrogen (secondary N) is 1. The second-order valence-corrected chi connectivity index (χ2v) is 5.68. The zero-order valence-electron chi connectivity index (χ0n) is 11.0. The lowest BCUT2D eigenvalue weighted by molar-refractivity contribution is 0.128. The highest BCUT2D eigenvalue weighted by atomic mass is 15.2. The van der Waals surface area contributed by atoms with Gasteiger partial charge in [-0.15, -0.1) is 0 Å². The third-order valence-electron chi connectivity index (χ3n) is 4.09. The molecule has 0 radical (unpaired) electrons. The normalized spacial score (nSPS) is 31.9. The lowest BCUT2D eigenvalue weighted by Crippen LogP contribution is -2.49. The standard InChI is InChI=1S/C14H28N2/c1-3-5-6-12-9-13(15-4-2)11-16(10-12)14-7-8-14/h12-15H,3-11H2,1-2H3. The van der Waals surface area contributed by atoms with Crippen LogP contribution < -0.4 is 5.32 Å². The molecule has 0 bridgehead atoms. The number of hydrogen-bond acceptors (Lipinski definition) is 2. The Balaban J connectivity index is 1.82. The van der Waals surface area contributed by atoms with E-state index in [1.165, 1.54) is 51.6 Å². The monoisotopic (exact) mass is 224 g/mol. The van der Waals surface area contributed by atoms with Crippen LogP contribution in [0.5, 0.6) is 0 Å². The highest BCUT2D eigenvalue weighted by Gasteiger charge is 2.35. The molecular weight excluding hydrogens is 196 g/mol. The summed E-state index contributed by atoms with van der Waals surface area (Å²) in [5.41, 5.74) is 0. The summed E-state index contributed by atoms with van der Waals surface area (Å²) in [6, 6.07) is 1.71. The van der Waals surface area contributed by atoms with Gasteiger partial charge < -0.3 is 5.32 Å². The number of likely N-dealkylation sites (tertiary alicyclic amines) is 1. The van der Waals surface area contributed by atoms with Gasteiger partial charge >= 0.3 is 0 Å². The van der Waals surface area contributed by atoms with Crippen molar-refractivity contribution in [2.24, 2.45) is 5.92 Å². The van der Waals surface area contributed by atoms with Gasteiger partial charge in [0, 0.05) is 25.2 Å². The molecule has 2 rings (SSSR count). The van der Waals surface area contributed by atoms with Gasteiger partial charge in [-0.05, 0) is 38.1 Å². The lowest BCUT2D eigenvalue weighted by Gasteiger charge is -2.38. The SMILES string of the molecule is CCCCC1CC(NCC)CN(C2CC2)C1. The van der Waals surface area contributed by atoms with Crippen molar-refractivity contribution in [2.45, 2.75) is 64.5 Å². The molecule has 0 aromatic heterocycles. The number of rotatable bonds is 6. The maximum Gasteiger partial charge on any atom is 0.0198 e. The van der Waals surface area contributed by atoms with Crippen LogP contribution in [0.2, 0.25) is 0 Å². The van der Waals surface area contributed by atoms with E-state index in [1.807, 2.05) is 0 Å². The molecule has 2 fully saturated rings. The van der Waals surface area contributed by atoms with Crippen LogP contribution >= 0.6 is 0 Å². The summed E-state index contributed by atoms with van der Waals surface area (Å²) in [5, 5.41) is 3.66. The molecule has 1 heterocycles. The average molecular weight is 224 g/mol. The minimum atomic E-state index is 0.765. The molecule has 0 aromatic rings. The molecule has 2 nitrogen and oxygen atoms in total. The van der Waals surface area contributed by atoms with Crippen LogP contribution in [0.3, 0.4) is 0 Å². The first kappa shape index (κ1) is 12.4. The Morgan fingerprint density at radius 2 is 2.00 bits per heavy atom. The van der Waals surface area contributed by atoms with Crippen molar-refractivity contribution < 1.29 is 0 Å². The van der Waals surface area contributed by atoms with Gasteiger partial charge in [0.1, 0.15) is 0 Å². The second-order valence-electron chi connectivity index (χ2n) is 5.68. The molecule has 2 heteroatoms. The maximum absolute atomic E-state index is 3.66. The summed E-state index contributed by atoms with van der Waals surface area (Å²) in [5.74, 6) is 0.957. The number of likely N-dealkylation sites (N-methyl/N-ethyl adjacent to an activating group) is 1. The topological polar surface area (TPSA) is 15.3 Å². The highest BCUT2D eigenvalue weighted by molar-refractivity contribution is 4.92. The van der Waals surface area contributed by atoms with Crippen molar-refractivity contribution >= 4 is 0 Å². The van der Waals surface area contributed by atoms with E-state index < -0.39 is 0 Å². The van der Waals surface area contributed by atoms with Gasteiger partial charge in [0.05, 0.1) is 0 Å². The van der Waals surface area contributed by atoms with Crippen molar-refractivity contribution in [3.63, 3.8) is 0 Å². The largest absolute Gasteiger partial charge is 0.313 e. The Morgan fingerprint density at radius 1 is 1.19 bits per heavy atom. The minimum absolute atomic E-state index is 0.765. The van der Waals surface area contributed by atoms with Crippen molar-refractivity contribution in [3.05, 3.63) is 0 Å². The fourth-order valence-electron chi connectivity index (χ4n) is 3.12. The summed E-state index contributed by atoms with van der Waals surface area (Å²) in [4.78, 5) is 2.76. The Hall–Kier alpha value is -0.0800. The summed E-state index contributed by atoms with van der Waals surface area (Å²) in [7, 11) is 0. The Labute approximate surface area is 101 Å². The predicted molar refractivity (Wildman–Crippen MR) is 69.7 cm³/mol. The number of piperidine rings is 1. The molecular formula is C14H28N2. The van der Waals surface area contributed by atoms with Gasteiger partial charge in [0.15, 0.2) is 0 Å². The van der Waals surface area contributed by atoms with Crippen molar-refractivity contribution in [1.82, 2.24) is 10.2 Å². The van der Waals surface area contributed by atoms with Crippen LogP contribution in [0.1, 0.15) is 52.4 Å². The van der Waals surface area contributed by atoms with Crippen molar-refractivity contribution in [1.29, 1.82) is 0 Å². The maximum atomic E-state index is 3.66. The zero-order chi connectivity index (χ0) is 11.4. The van der Waals surface area contributed by atoms with E-state index in [-0.39, 0.29) is 0 Å². The first-order valence-electron chi connectivity index (χ1n) is 7.30. The average Bonchev–Trinajstić information content (AvgIpc) is 3.10. The molecule has 0 aromatic carbocycles. The summed E-state index contributed by atoms with van der Waals surface area (Å²) >= 11 is 0. The van der Waals surface area contributed by atoms with E-state index >= 15 is 0 Å². The van der Waals surface area contributed by atoms with Crippen molar-refractivity contribution in [3.8, 4) is 0 Å². The summed E-state index contributed by atoms with van der Waals surface area (Å²) in [6.07, 6.45) is 8.55. The first-order chi connectivity index (χ1) is 7.83. The molecule has 94 valence electrons. The van der Waals surface area contributed by atoms with Gasteiger partial charge in [0.25, 0.3) is 0 Å². The number of nitrogens with zero attached hydrogens (tertiary/aromatic N) is 1. The van der Waals surface area contributed by atoms with Gasteiger partial charge in [-0.3, -0.25) is 4.90 Å². The van der Waals surface area contributed by atoms with E-state index in [2.05, 4.69) is 24.1 Å². The smallest absolute Gasteiger partial charge is 0.0198 e. The molecule has 2 unspecified atom stereocenters. The summed E-state index contributed by atoms with van der Waals surface area (Å²) in [6.45, 7) is 8.36. The Morgan fingerprint density at radius 3 is 2.62 bits per heavy atom. The lowest BCUT2D eigenvalue weighted by atomic mass is 9.89. The Bertz CT molecular complexity index is 201. The third-order valence-corrected chi connectivity index (χ3v) is 4.09. The molecule has 2 atom stereocenters. The zero-order valence-corrected chi connectivity index (χ0v) is 11.0. The van der Waals surface area contributed by atoms with Crippen LogP contribution in [-0.2, 0) is 0 Å². The highest BCUT2D eigenvalue weighted by Crippen LogP contribution is 2.32. The van der Waals surface area contributed by atoms with Crippen LogP contribution in [0.15, 0.2) is 0 Å². The molecule has 1 aliphatic heterocycles. The fourth-order valence-corrected chi connectivity index (χ4v) is 3.12. The number of unbranched alkanes of at least 4 members (excludes halogenated alkanes) is 1. The number of hydrogen-bond donors (Lipinski definition) is 1. The molecule has 1 saturated heterocycles. The van der Waals surface area contributed by atoms with Crippen molar-refractivity contribution in [2.75, 3.05) is 19.6 Å². The molecule has 16 heavy (non-hydrogen) atoms. The molecule has 1 aliphatic carbocycles. The van der Waals surface area contributed by atoms with Gasteiger partial charge in [0.2, 0.25) is 0 Å². The summed E-state index contributed by atoms with van der Waals surface area (Å²) < 4.78 is 0. The van der Waals surface area contributed by atoms with E-state index in [0.717, 1.165) is 24.5 Å². The van der Waals surface area contributed by atoms with Gasteiger partial charge in [-0.1, -0.05) is 26.7 Å². The van der Waals surface area contributed by atoms with E-state index in [4.69, 9.17) is 0 Å². The van der Waals surface area contributed by atoms with E-state index in [9.17, 15) is 0 Å². The van der Waals surface area contributed by atoms with Crippen LogP contribution in [0.25, 0.3) is 0 Å². The Kier molecular flexibility index (Phi) is 4.66. The quantitative estimate of drug-likeness (QED) is 0.746. The molecule has 0 spiro atoms. The molecule has 1 N–H and O–H groups in total. The molecule has 2 aliphatic rings. The molecule has 0 amide bonds. The fraction of sp³-hybridized carbons (Fsp3) is 1.00. The van der Waals surface area contributed by atoms with E-state index in [1.54, 1.807) is 0 Å². The minimum Gasteiger partial charge on any atom is -0.313 e.